The van der Waals surface area contributed by atoms with Gasteiger partial charge in [-0.15, -0.1) is 0 Å². The number of hydrogen-bond acceptors (Lipinski definition) is 4. The Bertz CT molecular complexity index is 871. The van der Waals surface area contributed by atoms with Crippen LogP contribution in [0.4, 0.5) is 4.39 Å². The van der Waals surface area contributed by atoms with Gasteiger partial charge < -0.3 is 10.4 Å². The Morgan fingerprint density at radius 1 is 1.12 bits per heavy atom. The van der Waals surface area contributed by atoms with Crippen molar-refractivity contribution in [2.75, 3.05) is 26.5 Å². The van der Waals surface area contributed by atoms with Gasteiger partial charge in [0, 0.05) is 31.6 Å². The van der Waals surface area contributed by atoms with Crippen LogP contribution in [-0.4, -0.2) is 56.4 Å². The van der Waals surface area contributed by atoms with Crippen molar-refractivity contribution in [2.45, 2.75) is 18.0 Å². The quantitative estimate of drug-likeness (QED) is 0.804. The van der Waals surface area contributed by atoms with E-state index < -0.39 is 10.0 Å². The van der Waals surface area contributed by atoms with Gasteiger partial charge in [0.15, 0.2) is 0 Å². The number of halogens is 1. The molecule has 3 atom stereocenters. The van der Waals surface area contributed by atoms with E-state index in [1.165, 1.54) is 22.7 Å². The zero-order valence-electron chi connectivity index (χ0n) is 14.8. The third kappa shape index (κ3) is 3.96. The molecule has 1 aliphatic heterocycles. The maximum absolute atomic E-state index is 13.4. The van der Waals surface area contributed by atoms with E-state index in [0.29, 0.717) is 6.54 Å². The summed E-state index contributed by atoms with van der Waals surface area (Å²) in [5.74, 6) is -0.259. The normalized spacial score (nSPS) is 23.0. The van der Waals surface area contributed by atoms with E-state index in [1.54, 1.807) is 13.1 Å². The highest BCUT2D eigenvalue weighted by Gasteiger charge is 2.42. The average molecular weight is 378 g/mol. The van der Waals surface area contributed by atoms with Crippen LogP contribution in [0.1, 0.15) is 11.5 Å². The highest BCUT2D eigenvalue weighted by Crippen LogP contribution is 2.34. The van der Waals surface area contributed by atoms with E-state index in [0.717, 1.165) is 16.7 Å². The molecule has 5 nitrogen and oxygen atoms in total. The predicted molar refractivity (Wildman–Crippen MR) is 99.8 cm³/mol. The van der Waals surface area contributed by atoms with E-state index in [-0.39, 0.29) is 30.4 Å². The number of nitrogens with zero attached hydrogens (tertiary/aromatic N) is 1. The molecule has 1 aliphatic rings. The molecule has 0 saturated carbocycles. The maximum Gasteiger partial charge on any atom is 0.211 e. The number of likely N-dealkylation sites (N-methyl/N-ethyl adjacent to an activating group) is 1. The molecule has 0 spiro atoms. The lowest BCUT2D eigenvalue weighted by atomic mass is 9.77. The van der Waals surface area contributed by atoms with Gasteiger partial charge in [-0.1, -0.05) is 36.4 Å². The second-order valence-corrected chi connectivity index (χ2v) is 8.85. The number of nitrogens with one attached hydrogen (secondary N) is 1. The molecule has 1 heterocycles. The Morgan fingerprint density at radius 2 is 1.81 bits per heavy atom. The molecule has 1 saturated heterocycles. The van der Waals surface area contributed by atoms with Gasteiger partial charge in [-0.2, -0.15) is 0 Å². The zero-order valence-corrected chi connectivity index (χ0v) is 15.6. The molecule has 1 fully saturated rings. The smallest absolute Gasteiger partial charge is 0.211 e. The van der Waals surface area contributed by atoms with Crippen LogP contribution in [0.2, 0.25) is 0 Å². The van der Waals surface area contributed by atoms with E-state index in [9.17, 15) is 17.9 Å². The van der Waals surface area contributed by atoms with E-state index in [1.807, 2.05) is 30.3 Å². The van der Waals surface area contributed by atoms with Gasteiger partial charge in [-0.25, -0.2) is 17.1 Å². The van der Waals surface area contributed by atoms with Crippen molar-refractivity contribution in [3.05, 3.63) is 59.9 Å². The molecule has 26 heavy (non-hydrogen) atoms. The molecule has 2 aromatic rings. The maximum atomic E-state index is 13.4. The van der Waals surface area contributed by atoms with Crippen molar-refractivity contribution in [2.24, 2.45) is 0 Å². The highest BCUT2D eigenvalue weighted by atomic mass is 32.2. The van der Waals surface area contributed by atoms with Crippen molar-refractivity contribution >= 4 is 10.0 Å². The predicted octanol–water partition coefficient (Wildman–Crippen LogP) is 1.80. The van der Waals surface area contributed by atoms with Gasteiger partial charge in [0.25, 0.3) is 0 Å². The summed E-state index contributed by atoms with van der Waals surface area (Å²) in [6.45, 7) is 0.320. The minimum atomic E-state index is -3.26. The fraction of sp³-hybridized carbons (Fsp3) is 0.368. The highest BCUT2D eigenvalue weighted by molar-refractivity contribution is 7.88. The first kappa shape index (κ1) is 19.0. The minimum Gasteiger partial charge on any atom is -0.395 e. The molecule has 2 aromatic carbocycles. The second kappa shape index (κ2) is 7.44. The van der Waals surface area contributed by atoms with Crippen molar-refractivity contribution in [1.29, 1.82) is 0 Å². The summed E-state index contributed by atoms with van der Waals surface area (Å²) in [5.41, 5.74) is 2.73. The van der Waals surface area contributed by atoms with Crippen LogP contribution in [0.5, 0.6) is 0 Å². The number of aliphatic hydroxyl groups is 1. The zero-order chi connectivity index (χ0) is 18.9. The second-order valence-electron chi connectivity index (χ2n) is 6.76. The van der Waals surface area contributed by atoms with Crippen LogP contribution < -0.4 is 5.32 Å². The summed E-state index contributed by atoms with van der Waals surface area (Å²) in [5, 5.41) is 12.8. The summed E-state index contributed by atoms with van der Waals surface area (Å²) in [6.07, 6.45) is 1.18. The van der Waals surface area contributed by atoms with E-state index in [4.69, 9.17) is 0 Å². The largest absolute Gasteiger partial charge is 0.395 e. The van der Waals surface area contributed by atoms with Crippen molar-refractivity contribution < 1.29 is 17.9 Å². The standard InChI is InChI=1S/C19H23FN2O3S/c1-22(26(2,24)25)11-17-19(18(12-23)21-17)14-8-6-13(7-9-14)15-4-3-5-16(20)10-15/h3-10,17-19,21,23H,11-12H2,1-2H3/t17-,18+,19-/m1/s1. The van der Waals surface area contributed by atoms with Gasteiger partial charge in [-0.3, -0.25) is 0 Å². The Kier molecular flexibility index (Phi) is 5.43. The number of aliphatic hydroxyl groups excluding tert-OH is 1. The molecule has 2 N–H and O–H groups in total. The number of sulfonamides is 1. The van der Waals surface area contributed by atoms with E-state index >= 15 is 0 Å². The molecule has 3 rings (SSSR count). The molecule has 0 aliphatic carbocycles. The van der Waals surface area contributed by atoms with Gasteiger partial charge in [0.2, 0.25) is 10.0 Å². The van der Waals surface area contributed by atoms with Crippen molar-refractivity contribution in [3.8, 4) is 11.1 Å². The van der Waals surface area contributed by atoms with Crippen molar-refractivity contribution in [1.82, 2.24) is 9.62 Å². The van der Waals surface area contributed by atoms with Crippen LogP contribution in [0.15, 0.2) is 48.5 Å². The number of hydrogen-bond donors (Lipinski definition) is 2. The van der Waals surface area contributed by atoms with E-state index in [2.05, 4.69) is 5.32 Å². The van der Waals surface area contributed by atoms with Crippen LogP contribution in [0.25, 0.3) is 11.1 Å². The van der Waals surface area contributed by atoms with Gasteiger partial charge in [0.1, 0.15) is 5.82 Å². The molecule has 0 aromatic heterocycles. The lowest BCUT2D eigenvalue weighted by Crippen LogP contribution is -2.64. The van der Waals surface area contributed by atoms with Crippen LogP contribution in [0.3, 0.4) is 0 Å². The van der Waals surface area contributed by atoms with Gasteiger partial charge in [0.05, 0.1) is 12.9 Å². The topological polar surface area (TPSA) is 69.6 Å². The molecule has 140 valence electrons. The Morgan fingerprint density at radius 3 is 2.38 bits per heavy atom. The van der Waals surface area contributed by atoms with Crippen LogP contribution in [0, 0.1) is 5.82 Å². The third-order valence-electron chi connectivity index (χ3n) is 4.97. The molecule has 0 unspecified atom stereocenters. The average Bonchev–Trinajstić information content (AvgIpc) is 2.57. The molecule has 0 amide bonds. The summed E-state index contributed by atoms with van der Waals surface area (Å²) in [7, 11) is -1.71. The molecule has 0 radical (unpaired) electrons. The van der Waals surface area contributed by atoms with Gasteiger partial charge >= 0.3 is 0 Å². The fourth-order valence-corrected chi connectivity index (χ4v) is 3.85. The first-order valence-corrected chi connectivity index (χ1v) is 10.3. The molecular weight excluding hydrogens is 355 g/mol. The Labute approximate surface area is 153 Å². The summed E-state index contributed by atoms with van der Waals surface area (Å²) >= 11 is 0. The minimum absolute atomic E-state index is 0.0184. The fourth-order valence-electron chi connectivity index (χ4n) is 3.42. The SMILES string of the molecule is CN(C[C@H]1N[C@@H](CO)[C@@H]1c1ccc(-c2cccc(F)c2)cc1)S(C)(=O)=O. The van der Waals surface area contributed by atoms with Crippen LogP contribution >= 0.6 is 0 Å². The van der Waals surface area contributed by atoms with Crippen molar-refractivity contribution in [3.63, 3.8) is 0 Å². The first-order chi connectivity index (χ1) is 12.3. The van der Waals surface area contributed by atoms with Gasteiger partial charge in [-0.05, 0) is 28.8 Å². The molecule has 7 heteroatoms. The summed E-state index contributed by atoms with van der Waals surface area (Å²) in [6, 6.07) is 14.0. The lowest BCUT2D eigenvalue weighted by Gasteiger charge is -2.47. The Balaban J connectivity index is 1.79. The lowest BCUT2D eigenvalue weighted by molar-refractivity contribution is 0.118. The van der Waals surface area contributed by atoms with Crippen LogP contribution in [-0.2, 0) is 10.0 Å². The number of benzene rings is 2. The molecule has 0 bridgehead atoms. The third-order valence-corrected chi connectivity index (χ3v) is 6.25. The Hall–Kier alpha value is -1.80. The first-order valence-electron chi connectivity index (χ1n) is 8.43. The summed E-state index contributed by atoms with van der Waals surface area (Å²) in [4.78, 5) is 0. The summed E-state index contributed by atoms with van der Waals surface area (Å²) < 4.78 is 38.0. The molecular formula is C19H23FN2O3S. The monoisotopic (exact) mass is 378 g/mol. The number of rotatable bonds is 6.